The van der Waals surface area contributed by atoms with Crippen molar-refractivity contribution in [1.29, 1.82) is 0 Å². The van der Waals surface area contributed by atoms with Gasteiger partial charge in [0, 0.05) is 6.54 Å². The highest BCUT2D eigenvalue weighted by atomic mass is 16.6. The van der Waals surface area contributed by atoms with Gasteiger partial charge < -0.3 is 29.7 Å². The van der Waals surface area contributed by atoms with Crippen LogP contribution in [-0.2, 0) is 19.0 Å². The van der Waals surface area contributed by atoms with Crippen LogP contribution in [0.5, 0.6) is 0 Å². The number of carbonyl (C=O) groups excluding carboxylic acids is 1. The highest BCUT2D eigenvalue weighted by Gasteiger charge is 2.15. The zero-order valence-electron chi connectivity index (χ0n) is 14.2. The molecule has 0 aliphatic carbocycles. The number of rotatable bonds is 12. The second-order valence-electron chi connectivity index (χ2n) is 6.06. The maximum atomic E-state index is 11.4. The monoisotopic (exact) mass is 335 g/mol. The molecule has 0 saturated heterocycles. The summed E-state index contributed by atoms with van der Waals surface area (Å²) in [5, 5.41) is 20.7. The fourth-order valence-corrected chi connectivity index (χ4v) is 1.52. The average Bonchev–Trinajstić information content (AvgIpc) is 2.40. The zero-order valence-corrected chi connectivity index (χ0v) is 14.2. The molecule has 1 atom stereocenters. The number of amides is 1. The van der Waals surface area contributed by atoms with Crippen molar-refractivity contribution in [3.8, 4) is 0 Å². The van der Waals surface area contributed by atoms with Crippen molar-refractivity contribution >= 4 is 12.1 Å². The summed E-state index contributed by atoms with van der Waals surface area (Å²) < 4.78 is 15.3. The van der Waals surface area contributed by atoms with Gasteiger partial charge in [0.2, 0.25) is 0 Å². The second kappa shape index (κ2) is 12.1. The number of carbonyl (C=O) groups is 2. The van der Waals surface area contributed by atoms with E-state index in [0.29, 0.717) is 32.6 Å². The number of alkyl carbamates (subject to hydrolysis) is 1. The van der Waals surface area contributed by atoms with E-state index in [1.54, 1.807) is 20.8 Å². The van der Waals surface area contributed by atoms with E-state index in [1.807, 2.05) is 0 Å². The van der Waals surface area contributed by atoms with E-state index >= 15 is 0 Å². The van der Waals surface area contributed by atoms with Crippen LogP contribution in [0.4, 0.5) is 4.79 Å². The standard InChI is InChI=1S/C15H29NO7/c1-15(2,3)23-14(20)16-7-4-5-12(17)11-22-10-9-21-8-6-13(18)19/h12,17H,4-11H2,1-3H3,(H,16,20)(H,18,19). The average molecular weight is 335 g/mol. The summed E-state index contributed by atoms with van der Waals surface area (Å²) in [6.45, 7) is 6.71. The molecule has 8 nitrogen and oxygen atoms in total. The van der Waals surface area contributed by atoms with Gasteiger partial charge >= 0.3 is 12.1 Å². The van der Waals surface area contributed by atoms with E-state index in [2.05, 4.69) is 5.32 Å². The van der Waals surface area contributed by atoms with Crippen LogP contribution in [0.3, 0.4) is 0 Å². The number of aliphatic hydroxyl groups excluding tert-OH is 1. The third-order valence-electron chi connectivity index (χ3n) is 2.52. The highest BCUT2D eigenvalue weighted by molar-refractivity contribution is 5.67. The van der Waals surface area contributed by atoms with E-state index in [9.17, 15) is 14.7 Å². The van der Waals surface area contributed by atoms with Gasteiger partial charge in [-0.05, 0) is 33.6 Å². The van der Waals surface area contributed by atoms with E-state index in [-0.39, 0.29) is 19.6 Å². The number of hydrogen-bond acceptors (Lipinski definition) is 6. The van der Waals surface area contributed by atoms with Gasteiger partial charge in [-0.1, -0.05) is 0 Å². The van der Waals surface area contributed by atoms with Gasteiger partial charge in [0.1, 0.15) is 5.60 Å². The van der Waals surface area contributed by atoms with Crippen LogP contribution < -0.4 is 5.32 Å². The van der Waals surface area contributed by atoms with Gasteiger partial charge in [0.25, 0.3) is 0 Å². The van der Waals surface area contributed by atoms with Crippen molar-refractivity contribution in [1.82, 2.24) is 5.32 Å². The van der Waals surface area contributed by atoms with Crippen LogP contribution >= 0.6 is 0 Å². The maximum absolute atomic E-state index is 11.4. The minimum absolute atomic E-state index is 0.0345. The van der Waals surface area contributed by atoms with E-state index in [0.717, 1.165) is 0 Å². The predicted molar refractivity (Wildman–Crippen MR) is 83.4 cm³/mol. The largest absolute Gasteiger partial charge is 0.481 e. The van der Waals surface area contributed by atoms with Crippen LogP contribution in [0, 0.1) is 0 Å². The van der Waals surface area contributed by atoms with Crippen LogP contribution in [0.2, 0.25) is 0 Å². The van der Waals surface area contributed by atoms with Crippen molar-refractivity contribution in [2.45, 2.75) is 51.7 Å². The SMILES string of the molecule is CC(C)(C)OC(=O)NCCCC(O)COCCOCCC(=O)O. The molecule has 8 heteroatoms. The van der Waals surface area contributed by atoms with Crippen molar-refractivity contribution in [3.63, 3.8) is 0 Å². The van der Waals surface area contributed by atoms with E-state index < -0.39 is 23.8 Å². The van der Waals surface area contributed by atoms with Crippen molar-refractivity contribution < 1.29 is 34.0 Å². The molecule has 0 rings (SSSR count). The lowest BCUT2D eigenvalue weighted by Crippen LogP contribution is -2.33. The molecular formula is C15H29NO7. The number of carboxylic acids is 1. The summed E-state index contributed by atoms with van der Waals surface area (Å²) in [7, 11) is 0. The quantitative estimate of drug-likeness (QED) is 0.458. The Morgan fingerprint density at radius 2 is 1.78 bits per heavy atom. The molecule has 1 unspecified atom stereocenters. The minimum Gasteiger partial charge on any atom is -0.481 e. The topological polar surface area (TPSA) is 114 Å². The number of hydrogen-bond donors (Lipinski definition) is 3. The van der Waals surface area contributed by atoms with Gasteiger partial charge in [0.15, 0.2) is 0 Å². The van der Waals surface area contributed by atoms with E-state index in [4.69, 9.17) is 19.3 Å². The second-order valence-corrected chi connectivity index (χ2v) is 6.06. The summed E-state index contributed by atoms with van der Waals surface area (Å²) in [5.41, 5.74) is -0.524. The Balaban J connectivity index is 3.42. The Morgan fingerprint density at radius 3 is 2.39 bits per heavy atom. The number of aliphatic carboxylic acids is 1. The number of aliphatic hydroxyl groups is 1. The molecule has 0 fully saturated rings. The summed E-state index contributed by atoms with van der Waals surface area (Å²) in [6.07, 6.45) is -0.0156. The molecule has 0 aliphatic heterocycles. The molecule has 136 valence electrons. The van der Waals surface area contributed by atoms with Crippen LogP contribution in [-0.4, -0.2) is 67.0 Å². The van der Waals surface area contributed by atoms with E-state index in [1.165, 1.54) is 0 Å². The number of ether oxygens (including phenoxy) is 3. The third-order valence-corrected chi connectivity index (χ3v) is 2.52. The first kappa shape index (κ1) is 21.6. The van der Waals surface area contributed by atoms with Crippen molar-refractivity contribution in [2.24, 2.45) is 0 Å². The maximum Gasteiger partial charge on any atom is 0.407 e. The Labute approximate surface area is 137 Å². The first-order valence-corrected chi connectivity index (χ1v) is 7.73. The molecular weight excluding hydrogens is 306 g/mol. The van der Waals surface area contributed by atoms with Gasteiger partial charge in [-0.3, -0.25) is 4.79 Å². The number of carboxylic acid groups (broad SMARTS) is 1. The fraction of sp³-hybridized carbons (Fsp3) is 0.867. The van der Waals surface area contributed by atoms with Crippen LogP contribution in [0.1, 0.15) is 40.0 Å². The van der Waals surface area contributed by atoms with Crippen LogP contribution in [0.15, 0.2) is 0 Å². The normalized spacial score (nSPS) is 12.7. The molecule has 23 heavy (non-hydrogen) atoms. The minimum atomic E-state index is -0.902. The Hall–Kier alpha value is -1.38. The summed E-state index contributed by atoms with van der Waals surface area (Å²) in [6, 6.07) is 0. The zero-order chi connectivity index (χ0) is 17.7. The molecule has 0 aromatic carbocycles. The molecule has 0 aromatic rings. The van der Waals surface area contributed by atoms with Crippen molar-refractivity contribution in [3.05, 3.63) is 0 Å². The smallest absolute Gasteiger partial charge is 0.407 e. The van der Waals surface area contributed by atoms with Gasteiger partial charge in [-0.15, -0.1) is 0 Å². The lowest BCUT2D eigenvalue weighted by atomic mass is 10.2. The molecule has 0 saturated carbocycles. The van der Waals surface area contributed by atoms with Gasteiger partial charge in [0.05, 0.1) is 39.0 Å². The molecule has 0 aromatic heterocycles. The van der Waals surface area contributed by atoms with Gasteiger partial charge in [-0.2, -0.15) is 0 Å². The first-order chi connectivity index (χ1) is 10.7. The van der Waals surface area contributed by atoms with Crippen molar-refractivity contribution in [2.75, 3.05) is 33.0 Å². The highest BCUT2D eigenvalue weighted by Crippen LogP contribution is 2.06. The van der Waals surface area contributed by atoms with Crippen LogP contribution in [0.25, 0.3) is 0 Å². The predicted octanol–water partition coefficient (Wildman–Crippen LogP) is 1.16. The number of nitrogens with one attached hydrogen (secondary N) is 1. The van der Waals surface area contributed by atoms with Gasteiger partial charge in [-0.25, -0.2) is 4.79 Å². The third kappa shape index (κ3) is 16.8. The first-order valence-electron chi connectivity index (χ1n) is 7.73. The molecule has 0 heterocycles. The summed E-state index contributed by atoms with van der Waals surface area (Å²) >= 11 is 0. The lowest BCUT2D eigenvalue weighted by molar-refractivity contribution is -0.138. The molecule has 3 N–H and O–H groups in total. The fourth-order valence-electron chi connectivity index (χ4n) is 1.52. The Bertz CT molecular complexity index is 341. The molecule has 0 radical (unpaired) electrons. The Morgan fingerprint density at radius 1 is 1.13 bits per heavy atom. The molecule has 1 amide bonds. The molecule has 0 spiro atoms. The summed E-state index contributed by atoms with van der Waals surface area (Å²) in [4.78, 5) is 21.6. The molecule has 0 aliphatic rings. The Kier molecular flexibility index (Phi) is 11.4. The summed E-state index contributed by atoms with van der Waals surface area (Å²) in [5.74, 6) is -0.902. The molecule has 0 bridgehead atoms. The lowest BCUT2D eigenvalue weighted by Gasteiger charge is -2.19.